The zero-order chi connectivity index (χ0) is 21.9. The highest BCUT2D eigenvalue weighted by Crippen LogP contribution is 2.30. The van der Waals surface area contributed by atoms with Crippen LogP contribution in [0.1, 0.15) is 0 Å². The molecule has 0 aliphatic carbocycles. The highest BCUT2D eigenvalue weighted by Gasteiger charge is 2.51. The summed E-state index contributed by atoms with van der Waals surface area (Å²) in [6.07, 6.45) is -18.7. The number of aliphatic hydroxyl groups is 8. The zero-order valence-corrected chi connectivity index (χ0v) is 15.0. The van der Waals surface area contributed by atoms with Gasteiger partial charge in [0.2, 0.25) is 0 Å². The topological polar surface area (TPSA) is 236 Å². The third kappa shape index (κ3) is 5.19. The molecule has 2 aliphatic heterocycles. The van der Waals surface area contributed by atoms with Gasteiger partial charge in [-0.05, 0) is 0 Å². The van der Waals surface area contributed by atoms with Gasteiger partial charge in [-0.2, -0.15) is 0 Å². The monoisotopic (exact) mass is 430 g/mol. The van der Waals surface area contributed by atoms with Gasteiger partial charge in [0.15, 0.2) is 18.7 Å². The first-order valence-corrected chi connectivity index (χ1v) is 8.73. The second-order valence-corrected chi connectivity index (χ2v) is 6.65. The van der Waals surface area contributed by atoms with Crippen molar-refractivity contribution in [1.29, 1.82) is 0 Å². The van der Waals surface area contributed by atoms with E-state index in [1.165, 1.54) is 0 Å². The van der Waals surface area contributed by atoms with E-state index in [1.54, 1.807) is 0 Å². The lowest BCUT2D eigenvalue weighted by Crippen LogP contribution is -2.65. The lowest BCUT2D eigenvalue weighted by molar-refractivity contribution is -0.371. The molecule has 14 nitrogen and oxygen atoms in total. The van der Waals surface area contributed by atoms with Gasteiger partial charge in [-0.3, -0.25) is 0 Å². The Morgan fingerprint density at radius 3 is 1.79 bits per heavy atom. The van der Waals surface area contributed by atoms with Crippen LogP contribution >= 0.6 is 0 Å². The van der Waals surface area contributed by atoms with E-state index in [4.69, 9.17) is 29.2 Å². The minimum Gasteiger partial charge on any atom is -0.479 e. The van der Waals surface area contributed by atoms with Crippen molar-refractivity contribution < 1.29 is 69.7 Å². The Morgan fingerprint density at radius 2 is 1.31 bits per heavy atom. The lowest BCUT2D eigenvalue weighted by Gasteiger charge is -2.46. The van der Waals surface area contributed by atoms with Crippen molar-refractivity contribution in [3.05, 3.63) is 0 Å². The molecule has 170 valence electrons. The molecule has 2 rings (SSSR count). The van der Waals surface area contributed by atoms with E-state index in [2.05, 4.69) is 0 Å². The summed E-state index contributed by atoms with van der Waals surface area (Å²) < 4.78 is 20.8. The fourth-order valence-electron chi connectivity index (χ4n) is 2.99. The van der Waals surface area contributed by atoms with Gasteiger partial charge in [-0.25, -0.2) is 4.79 Å². The van der Waals surface area contributed by atoms with Gasteiger partial charge in [-0.1, -0.05) is 0 Å². The quantitative estimate of drug-likeness (QED) is 0.174. The Balaban J connectivity index is 2.23. The van der Waals surface area contributed by atoms with Crippen LogP contribution in [0, 0.1) is 0 Å². The molecule has 29 heavy (non-hydrogen) atoms. The van der Waals surface area contributed by atoms with Crippen LogP contribution in [0.3, 0.4) is 0 Å². The Bertz CT molecular complexity index is 531. The minimum absolute atomic E-state index is 0.755. The molecule has 0 saturated carbocycles. The lowest BCUT2D eigenvalue weighted by atomic mass is 9.97. The SMILES string of the molecule is O=C(O)C(CO)OC1OC(CO)C(O)C(O)C1OC1OC(CO)C(O)C(O)C1O. The van der Waals surface area contributed by atoms with E-state index in [9.17, 15) is 40.5 Å². The Morgan fingerprint density at radius 1 is 0.793 bits per heavy atom. The van der Waals surface area contributed by atoms with E-state index in [0.29, 0.717) is 0 Å². The summed E-state index contributed by atoms with van der Waals surface area (Å²) in [5.41, 5.74) is 0. The average molecular weight is 430 g/mol. The molecule has 11 atom stereocenters. The predicted molar refractivity (Wildman–Crippen MR) is 86.0 cm³/mol. The molecule has 11 unspecified atom stereocenters. The number of carboxylic acids is 1. The molecule has 0 aromatic heterocycles. The highest BCUT2D eigenvalue weighted by molar-refractivity contribution is 5.72. The maximum Gasteiger partial charge on any atom is 0.335 e. The van der Waals surface area contributed by atoms with E-state index >= 15 is 0 Å². The molecule has 14 heteroatoms. The third-order valence-corrected chi connectivity index (χ3v) is 4.70. The number of rotatable bonds is 8. The maximum absolute atomic E-state index is 11.1. The van der Waals surface area contributed by atoms with Gasteiger partial charge in [-0.15, -0.1) is 0 Å². The van der Waals surface area contributed by atoms with Crippen LogP contribution in [0.2, 0.25) is 0 Å². The molecule has 9 N–H and O–H groups in total. The second kappa shape index (κ2) is 10.3. The molecular weight excluding hydrogens is 404 g/mol. The maximum atomic E-state index is 11.1. The molecule has 0 aromatic carbocycles. The summed E-state index contributed by atoms with van der Waals surface area (Å²) in [4.78, 5) is 11.1. The number of ether oxygens (including phenoxy) is 4. The number of hydrogen-bond acceptors (Lipinski definition) is 13. The van der Waals surface area contributed by atoms with Crippen LogP contribution in [-0.2, 0) is 23.7 Å². The van der Waals surface area contributed by atoms with Crippen LogP contribution < -0.4 is 0 Å². The van der Waals surface area contributed by atoms with Gasteiger partial charge < -0.3 is 64.9 Å². The number of aliphatic carboxylic acids is 1. The molecule has 2 saturated heterocycles. The van der Waals surface area contributed by atoms with Crippen LogP contribution in [-0.4, -0.2) is 139 Å². The second-order valence-electron chi connectivity index (χ2n) is 6.65. The normalized spacial score (nSPS) is 44.4. The summed E-state index contributed by atoms with van der Waals surface area (Å²) in [5, 5.41) is 86.7. The van der Waals surface area contributed by atoms with Crippen LogP contribution in [0.4, 0.5) is 0 Å². The van der Waals surface area contributed by atoms with E-state index in [0.717, 1.165) is 0 Å². The van der Waals surface area contributed by atoms with Crippen molar-refractivity contribution in [2.45, 2.75) is 67.5 Å². The summed E-state index contributed by atoms with van der Waals surface area (Å²) >= 11 is 0. The summed E-state index contributed by atoms with van der Waals surface area (Å²) in [6.45, 7) is -2.51. The smallest absolute Gasteiger partial charge is 0.335 e. The fourth-order valence-corrected chi connectivity index (χ4v) is 2.99. The molecular formula is C15H26O14. The molecule has 0 bridgehead atoms. The van der Waals surface area contributed by atoms with Crippen molar-refractivity contribution >= 4 is 5.97 Å². The first kappa shape index (κ1) is 24.3. The van der Waals surface area contributed by atoms with Crippen LogP contribution in [0.15, 0.2) is 0 Å². The van der Waals surface area contributed by atoms with Crippen molar-refractivity contribution in [3.63, 3.8) is 0 Å². The highest BCUT2D eigenvalue weighted by atomic mass is 16.8. The van der Waals surface area contributed by atoms with E-state index < -0.39 is 93.3 Å². The van der Waals surface area contributed by atoms with Crippen molar-refractivity contribution in [2.75, 3.05) is 19.8 Å². The average Bonchev–Trinajstić information content (AvgIpc) is 2.70. The molecule has 2 aliphatic rings. The number of carboxylic acid groups (broad SMARTS) is 1. The molecule has 2 heterocycles. The van der Waals surface area contributed by atoms with Gasteiger partial charge in [0.25, 0.3) is 0 Å². The van der Waals surface area contributed by atoms with E-state index in [1.807, 2.05) is 0 Å². The standard InChI is InChI=1S/C15H26O14/c16-1-4-7(19)9(21)11(23)14(26-4)29-12-10(22)8(20)5(2-17)27-15(12)28-6(3-18)13(24)25/h4-12,14-23H,1-3H2,(H,24,25). The van der Waals surface area contributed by atoms with E-state index in [-0.39, 0.29) is 0 Å². The van der Waals surface area contributed by atoms with Gasteiger partial charge >= 0.3 is 5.97 Å². The van der Waals surface area contributed by atoms with Gasteiger partial charge in [0.1, 0.15) is 48.8 Å². The summed E-state index contributed by atoms with van der Waals surface area (Å²) in [7, 11) is 0. The van der Waals surface area contributed by atoms with Crippen molar-refractivity contribution in [2.24, 2.45) is 0 Å². The zero-order valence-electron chi connectivity index (χ0n) is 15.0. The molecule has 0 amide bonds. The predicted octanol–water partition coefficient (Wildman–Crippen LogP) is -5.93. The Labute approximate surface area is 164 Å². The third-order valence-electron chi connectivity index (χ3n) is 4.70. The van der Waals surface area contributed by atoms with Crippen molar-refractivity contribution in [1.82, 2.24) is 0 Å². The molecule has 0 spiro atoms. The Hall–Kier alpha value is -1.01. The number of carbonyl (C=O) groups is 1. The number of aliphatic hydroxyl groups excluding tert-OH is 8. The molecule has 2 fully saturated rings. The van der Waals surface area contributed by atoms with Crippen LogP contribution in [0.5, 0.6) is 0 Å². The molecule has 0 aromatic rings. The van der Waals surface area contributed by atoms with Crippen molar-refractivity contribution in [3.8, 4) is 0 Å². The summed E-state index contributed by atoms with van der Waals surface area (Å²) in [5.74, 6) is -1.58. The largest absolute Gasteiger partial charge is 0.479 e. The number of hydrogen-bond donors (Lipinski definition) is 9. The molecule has 0 radical (unpaired) electrons. The van der Waals surface area contributed by atoms with Gasteiger partial charge in [0.05, 0.1) is 19.8 Å². The first-order valence-electron chi connectivity index (χ1n) is 8.73. The van der Waals surface area contributed by atoms with Crippen LogP contribution in [0.25, 0.3) is 0 Å². The first-order chi connectivity index (χ1) is 13.7. The Kier molecular flexibility index (Phi) is 8.65. The fraction of sp³-hybridized carbons (Fsp3) is 0.933. The summed E-state index contributed by atoms with van der Waals surface area (Å²) in [6, 6.07) is 0. The minimum atomic E-state index is -1.86. The van der Waals surface area contributed by atoms with Gasteiger partial charge in [0, 0.05) is 0 Å².